The lowest BCUT2D eigenvalue weighted by atomic mass is 10.4. The fraction of sp³-hybridized carbons (Fsp3) is 0.875. The third-order valence-corrected chi connectivity index (χ3v) is 3.13. The maximum atomic E-state index is 11.2. The molecule has 0 aromatic rings. The number of amides is 1. The summed E-state index contributed by atoms with van der Waals surface area (Å²) in [6, 6.07) is 0. The van der Waals surface area contributed by atoms with Crippen molar-refractivity contribution in [1.29, 1.82) is 0 Å². The van der Waals surface area contributed by atoms with Crippen LogP contribution in [0.4, 0.5) is 0 Å². The molecule has 0 bridgehead atoms. The summed E-state index contributed by atoms with van der Waals surface area (Å²) in [7, 11) is -1.48. The van der Waals surface area contributed by atoms with Crippen LogP contribution in [0, 0.1) is 0 Å². The Morgan fingerprint density at radius 1 is 1.27 bits per heavy atom. The van der Waals surface area contributed by atoms with E-state index in [-0.39, 0.29) is 18.2 Å². The largest absolute Gasteiger partial charge is 0.355 e. The summed E-state index contributed by atoms with van der Waals surface area (Å²) >= 11 is 0. The van der Waals surface area contributed by atoms with Gasteiger partial charge in [-0.3, -0.25) is 4.79 Å². The average Bonchev–Trinajstić information content (AvgIpc) is 2.14. The summed E-state index contributed by atoms with van der Waals surface area (Å²) in [5.41, 5.74) is 0. The zero-order valence-corrected chi connectivity index (χ0v) is 9.99. The molecule has 0 heterocycles. The molecule has 0 aliphatic carbocycles. The molecular weight excluding hydrogens is 218 g/mol. The maximum Gasteiger partial charge on any atom is 0.221 e. The quantitative estimate of drug-likeness (QED) is 0.487. The van der Waals surface area contributed by atoms with E-state index in [1.165, 1.54) is 0 Å². The topological polar surface area (TPSA) is 87.3 Å². The van der Waals surface area contributed by atoms with Crippen LogP contribution in [0.1, 0.15) is 13.3 Å². The van der Waals surface area contributed by atoms with Crippen LogP contribution in [0.15, 0.2) is 0 Å². The summed E-state index contributed by atoms with van der Waals surface area (Å²) in [6.45, 7) is 2.82. The van der Waals surface area contributed by atoms with Crippen molar-refractivity contribution < 1.29 is 13.2 Å². The molecule has 0 fully saturated rings. The van der Waals surface area contributed by atoms with Crippen molar-refractivity contribution in [2.75, 3.05) is 32.4 Å². The first-order valence-electron chi connectivity index (χ1n) is 4.90. The minimum absolute atomic E-state index is 0.0772. The van der Waals surface area contributed by atoms with Gasteiger partial charge in [0, 0.05) is 26.1 Å². The molecule has 7 heteroatoms. The molecule has 6 nitrogen and oxygen atoms in total. The Hall–Kier alpha value is -0.660. The molecular formula is C8H19N3O3S. The summed E-state index contributed by atoms with van der Waals surface area (Å²) in [5, 5.41) is 5.37. The number of carbonyl (C=O) groups is 1. The van der Waals surface area contributed by atoms with E-state index in [9.17, 15) is 13.2 Å². The second-order valence-corrected chi connectivity index (χ2v) is 4.95. The molecule has 90 valence electrons. The zero-order valence-electron chi connectivity index (χ0n) is 9.17. The highest BCUT2D eigenvalue weighted by Crippen LogP contribution is 1.82. The Balaban J connectivity index is 3.65. The number of hydrogen-bond acceptors (Lipinski definition) is 4. The molecule has 15 heavy (non-hydrogen) atoms. The van der Waals surface area contributed by atoms with Gasteiger partial charge in [-0.1, -0.05) is 6.92 Å². The van der Waals surface area contributed by atoms with E-state index in [0.717, 1.165) is 0 Å². The predicted octanol–water partition coefficient (Wildman–Crippen LogP) is -1.35. The van der Waals surface area contributed by atoms with Gasteiger partial charge < -0.3 is 10.6 Å². The van der Waals surface area contributed by atoms with Gasteiger partial charge in [0.15, 0.2) is 0 Å². The second kappa shape index (κ2) is 7.61. The normalized spacial score (nSPS) is 11.3. The summed E-state index contributed by atoms with van der Waals surface area (Å²) < 4.78 is 24.7. The Morgan fingerprint density at radius 3 is 2.47 bits per heavy atom. The van der Waals surface area contributed by atoms with Gasteiger partial charge in [0.2, 0.25) is 15.9 Å². The fourth-order valence-electron chi connectivity index (χ4n) is 0.944. The SMILES string of the molecule is CCNS(=O)(=O)CCNC(=O)CCNC. The number of carbonyl (C=O) groups excluding carboxylic acids is 1. The van der Waals surface area contributed by atoms with Crippen LogP contribution in [-0.2, 0) is 14.8 Å². The Morgan fingerprint density at radius 2 is 1.93 bits per heavy atom. The van der Waals surface area contributed by atoms with Gasteiger partial charge in [0.05, 0.1) is 5.75 Å². The van der Waals surface area contributed by atoms with E-state index in [1.807, 2.05) is 0 Å². The van der Waals surface area contributed by atoms with Gasteiger partial charge in [-0.05, 0) is 7.05 Å². The van der Waals surface area contributed by atoms with Crippen molar-refractivity contribution in [2.45, 2.75) is 13.3 Å². The molecule has 0 saturated carbocycles. The summed E-state index contributed by atoms with van der Waals surface area (Å²) in [5.74, 6) is -0.220. The third kappa shape index (κ3) is 8.34. The molecule has 0 unspecified atom stereocenters. The van der Waals surface area contributed by atoms with Crippen molar-refractivity contribution in [3.63, 3.8) is 0 Å². The first-order chi connectivity index (χ1) is 7.02. The number of hydrogen-bond donors (Lipinski definition) is 3. The highest BCUT2D eigenvalue weighted by atomic mass is 32.2. The highest BCUT2D eigenvalue weighted by Gasteiger charge is 2.08. The lowest BCUT2D eigenvalue weighted by Crippen LogP contribution is -2.35. The van der Waals surface area contributed by atoms with Crippen LogP contribution >= 0.6 is 0 Å². The van der Waals surface area contributed by atoms with Crippen LogP contribution in [0.2, 0.25) is 0 Å². The first kappa shape index (κ1) is 14.3. The molecule has 0 aliphatic heterocycles. The van der Waals surface area contributed by atoms with E-state index in [4.69, 9.17) is 0 Å². The lowest BCUT2D eigenvalue weighted by molar-refractivity contribution is -0.120. The minimum atomic E-state index is -3.23. The third-order valence-electron chi connectivity index (χ3n) is 1.66. The van der Waals surface area contributed by atoms with E-state index < -0.39 is 10.0 Å². The highest BCUT2D eigenvalue weighted by molar-refractivity contribution is 7.89. The molecule has 0 atom stereocenters. The molecule has 0 saturated heterocycles. The molecule has 1 amide bonds. The fourth-order valence-corrected chi connectivity index (χ4v) is 1.90. The summed E-state index contributed by atoms with van der Waals surface area (Å²) in [6.07, 6.45) is 0.359. The molecule has 0 aromatic heterocycles. The van der Waals surface area contributed by atoms with Crippen molar-refractivity contribution in [1.82, 2.24) is 15.4 Å². The molecule has 3 N–H and O–H groups in total. The molecule has 0 spiro atoms. The average molecular weight is 237 g/mol. The predicted molar refractivity (Wildman–Crippen MR) is 59.0 cm³/mol. The minimum Gasteiger partial charge on any atom is -0.355 e. The van der Waals surface area contributed by atoms with Crippen molar-refractivity contribution in [3.05, 3.63) is 0 Å². The smallest absolute Gasteiger partial charge is 0.221 e. The van der Waals surface area contributed by atoms with E-state index in [0.29, 0.717) is 19.5 Å². The summed E-state index contributed by atoms with van der Waals surface area (Å²) in [4.78, 5) is 11.1. The van der Waals surface area contributed by atoms with Crippen LogP contribution in [0.5, 0.6) is 0 Å². The van der Waals surface area contributed by atoms with Crippen molar-refractivity contribution in [2.24, 2.45) is 0 Å². The Bertz CT molecular complexity index is 277. The lowest BCUT2D eigenvalue weighted by Gasteiger charge is -2.06. The second-order valence-electron chi connectivity index (χ2n) is 3.02. The molecule has 0 aromatic carbocycles. The Labute approximate surface area is 90.9 Å². The van der Waals surface area contributed by atoms with Crippen LogP contribution in [0.3, 0.4) is 0 Å². The molecule has 0 rings (SSSR count). The van der Waals surface area contributed by atoms with Gasteiger partial charge in [-0.25, -0.2) is 13.1 Å². The van der Waals surface area contributed by atoms with Crippen molar-refractivity contribution in [3.8, 4) is 0 Å². The van der Waals surface area contributed by atoms with Gasteiger partial charge in [-0.15, -0.1) is 0 Å². The number of sulfonamides is 1. The van der Waals surface area contributed by atoms with Crippen LogP contribution in [-0.4, -0.2) is 46.8 Å². The standard InChI is InChI=1S/C8H19N3O3S/c1-3-11-15(13,14)7-6-10-8(12)4-5-9-2/h9,11H,3-7H2,1-2H3,(H,10,12). The van der Waals surface area contributed by atoms with Crippen LogP contribution in [0.25, 0.3) is 0 Å². The Kier molecular flexibility index (Phi) is 7.27. The number of nitrogens with one attached hydrogen (secondary N) is 3. The van der Waals surface area contributed by atoms with Gasteiger partial charge in [0.25, 0.3) is 0 Å². The van der Waals surface area contributed by atoms with Gasteiger partial charge in [-0.2, -0.15) is 0 Å². The van der Waals surface area contributed by atoms with E-state index in [2.05, 4.69) is 15.4 Å². The first-order valence-corrected chi connectivity index (χ1v) is 6.55. The van der Waals surface area contributed by atoms with Gasteiger partial charge in [0.1, 0.15) is 0 Å². The van der Waals surface area contributed by atoms with E-state index >= 15 is 0 Å². The van der Waals surface area contributed by atoms with Crippen LogP contribution < -0.4 is 15.4 Å². The maximum absolute atomic E-state index is 11.2. The molecule has 0 aliphatic rings. The van der Waals surface area contributed by atoms with E-state index in [1.54, 1.807) is 14.0 Å². The zero-order chi connectivity index (χ0) is 11.7. The molecule has 0 radical (unpaired) electrons. The van der Waals surface area contributed by atoms with Crippen molar-refractivity contribution >= 4 is 15.9 Å². The van der Waals surface area contributed by atoms with Gasteiger partial charge >= 0.3 is 0 Å². The monoisotopic (exact) mass is 237 g/mol. The number of rotatable bonds is 8.